The Kier molecular flexibility index (Phi) is 10.3. The molecule has 11 nitrogen and oxygen atoms in total. The predicted octanol–water partition coefficient (Wildman–Crippen LogP) is 1.79. The number of hydrazine groups is 1. The number of hydrogen-bond donors (Lipinski definition) is 2. The van der Waals surface area contributed by atoms with Crippen LogP contribution < -0.4 is 10.7 Å². The first-order valence-corrected chi connectivity index (χ1v) is 14.0. The van der Waals surface area contributed by atoms with Gasteiger partial charge < -0.3 is 10.2 Å². The van der Waals surface area contributed by atoms with E-state index in [1.807, 2.05) is 13.8 Å². The van der Waals surface area contributed by atoms with Crippen molar-refractivity contribution < 1.29 is 28.8 Å². The molecule has 1 atom stereocenters. The van der Waals surface area contributed by atoms with E-state index in [4.69, 9.17) is 0 Å². The Balaban J connectivity index is 1.59. The lowest BCUT2D eigenvalue weighted by Gasteiger charge is -2.38. The van der Waals surface area contributed by atoms with Gasteiger partial charge in [-0.3, -0.25) is 39.1 Å². The average Bonchev–Trinajstić information content (AvgIpc) is 3.10. The molecule has 2 aliphatic rings. The molecule has 0 bridgehead atoms. The molecule has 0 unspecified atom stereocenters. The summed E-state index contributed by atoms with van der Waals surface area (Å²) < 4.78 is 0. The number of nitrogens with zero attached hydrogens (tertiary/aromatic N) is 3. The maximum atomic E-state index is 13.5. The van der Waals surface area contributed by atoms with E-state index in [0.29, 0.717) is 50.1 Å². The number of piperazine rings is 1. The van der Waals surface area contributed by atoms with Crippen molar-refractivity contribution in [3.8, 4) is 0 Å². The van der Waals surface area contributed by atoms with E-state index in [0.717, 1.165) is 11.8 Å². The number of unbranched alkanes of at least 4 members (excludes halogenated alkanes) is 1. The first-order chi connectivity index (χ1) is 18.4. The second-order valence-electron chi connectivity index (χ2n) is 10.3. The number of fused-ring (bicyclic) bond motifs is 1. The lowest BCUT2D eigenvalue weighted by atomic mass is 10.0. The molecule has 39 heavy (non-hydrogen) atoms. The summed E-state index contributed by atoms with van der Waals surface area (Å²) in [5, 5.41) is 4.22. The summed E-state index contributed by atoms with van der Waals surface area (Å²) >= 11 is 0.787. The third-order valence-electron chi connectivity index (χ3n) is 6.62. The molecule has 2 N–H and O–H groups in total. The van der Waals surface area contributed by atoms with E-state index >= 15 is 0 Å². The SMILES string of the molecule is CC(=O)S[C@@](CC(C)C)(NC(=O)CCCCN1C(=O)c2ccccc2C1=O)C(=O)NN1CCN(C(C)=O)CC1. The second kappa shape index (κ2) is 13.2. The Morgan fingerprint density at radius 3 is 2.05 bits per heavy atom. The number of rotatable bonds is 11. The molecule has 2 heterocycles. The number of amides is 5. The zero-order valence-corrected chi connectivity index (χ0v) is 23.8. The van der Waals surface area contributed by atoms with Gasteiger partial charge in [0.05, 0.1) is 11.1 Å². The molecule has 0 aromatic heterocycles. The Morgan fingerprint density at radius 1 is 0.949 bits per heavy atom. The van der Waals surface area contributed by atoms with Crippen LogP contribution in [-0.4, -0.2) is 87.1 Å². The molecule has 2 aliphatic heterocycles. The average molecular weight is 560 g/mol. The largest absolute Gasteiger partial charge is 0.340 e. The smallest absolute Gasteiger partial charge is 0.271 e. The first-order valence-electron chi connectivity index (χ1n) is 13.2. The van der Waals surface area contributed by atoms with Gasteiger partial charge in [0.1, 0.15) is 0 Å². The van der Waals surface area contributed by atoms with E-state index < -0.39 is 16.7 Å². The summed E-state index contributed by atoms with van der Waals surface area (Å²) in [6.07, 6.45) is 1.10. The highest BCUT2D eigenvalue weighted by Crippen LogP contribution is 2.31. The fraction of sp³-hybridized carbons (Fsp3) is 0.556. The van der Waals surface area contributed by atoms with Crippen LogP contribution in [0.25, 0.3) is 0 Å². The Bertz CT molecular complexity index is 1100. The van der Waals surface area contributed by atoms with Crippen LogP contribution in [-0.2, 0) is 19.2 Å². The third kappa shape index (κ3) is 7.66. The topological polar surface area (TPSA) is 136 Å². The number of imide groups is 1. The van der Waals surface area contributed by atoms with Crippen LogP contribution in [0, 0.1) is 5.92 Å². The van der Waals surface area contributed by atoms with Crippen LogP contribution in [0.2, 0.25) is 0 Å². The minimum absolute atomic E-state index is 0.00807. The first kappa shape index (κ1) is 30.3. The van der Waals surface area contributed by atoms with Gasteiger partial charge in [0.15, 0.2) is 9.99 Å². The van der Waals surface area contributed by atoms with Crippen LogP contribution in [0.5, 0.6) is 0 Å². The summed E-state index contributed by atoms with van der Waals surface area (Å²) in [6, 6.07) is 6.67. The molecule has 0 spiro atoms. The standard InChI is InChI=1S/C27H37N5O6S/c1-18(2)17-27(39-20(4)34,26(38)29-31-15-13-30(14-16-31)19(3)33)28-23(35)11-7-8-12-32-24(36)21-9-5-6-10-22(21)25(32)37/h5-6,9-10,18H,7-8,11-17H2,1-4H3,(H,28,35)(H,29,38)/t27-/m1/s1. The van der Waals surface area contributed by atoms with Crippen molar-refractivity contribution in [3.05, 3.63) is 35.4 Å². The van der Waals surface area contributed by atoms with E-state index in [9.17, 15) is 28.8 Å². The van der Waals surface area contributed by atoms with Gasteiger partial charge in [0.25, 0.3) is 17.7 Å². The summed E-state index contributed by atoms with van der Waals surface area (Å²) in [7, 11) is 0. The molecular weight excluding hydrogens is 522 g/mol. The molecular formula is C27H37N5O6S. The zero-order valence-electron chi connectivity index (χ0n) is 23.0. The fourth-order valence-electron chi connectivity index (χ4n) is 4.79. The van der Waals surface area contributed by atoms with E-state index in [1.165, 1.54) is 18.7 Å². The maximum Gasteiger partial charge on any atom is 0.271 e. The number of carbonyl (C=O) groups is 6. The van der Waals surface area contributed by atoms with E-state index in [-0.39, 0.29) is 48.1 Å². The molecule has 0 aliphatic carbocycles. The van der Waals surface area contributed by atoms with Crippen LogP contribution >= 0.6 is 11.8 Å². The summed E-state index contributed by atoms with van der Waals surface area (Å²) in [6.45, 7) is 8.64. The van der Waals surface area contributed by atoms with Crippen molar-refractivity contribution in [1.82, 2.24) is 25.6 Å². The molecule has 12 heteroatoms. The minimum Gasteiger partial charge on any atom is -0.340 e. The fourth-order valence-corrected chi connectivity index (χ4v) is 6.00. The van der Waals surface area contributed by atoms with Crippen molar-refractivity contribution >= 4 is 46.4 Å². The van der Waals surface area contributed by atoms with Crippen molar-refractivity contribution in [2.45, 2.75) is 58.2 Å². The normalized spacial score (nSPS) is 17.2. The molecule has 5 amide bonds. The van der Waals surface area contributed by atoms with Crippen LogP contribution in [0.4, 0.5) is 0 Å². The zero-order chi connectivity index (χ0) is 28.7. The van der Waals surface area contributed by atoms with Gasteiger partial charge in [-0.25, -0.2) is 5.01 Å². The Morgan fingerprint density at radius 2 is 1.54 bits per heavy atom. The molecule has 1 aromatic rings. The van der Waals surface area contributed by atoms with Gasteiger partial charge >= 0.3 is 0 Å². The number of thioether (sulfide) groups is 1. The second-order valence-corrected chi connectivity index (χ2v) is 11.7. The van der Waals surface area contributed by atoms with Gasteiger partial charge in [-0.15, -0.1) is 0 Å². The highest BCUT2D eigenvalue weighted by Gasteiger charge is 2.43. The number of nitrogens with one attached hydrogen (secondary N) is 2. The molecule has 1 fully saturated rings. The van der Waals surface area contributed by atoms with Crippen molar-refractivity contribution in [1.29, 1.82) is 0 Å². The van der Waals surface area contributed by atoms with E-state index in [2.05, 4.69) is 10.7 Å². The molecule has 0 radical (unpaired) electrons. The van der Waals surface area contributed by atoms with Crippen molar-refractivity contribution in [2.24, 2.45) is 5.92 Å². The quantitative estimate of drug-likeness (QED) is 0.238. The van der Waals surface area contributed by atoms with Gasteiger partial charge in [-0.1, -0.05) is 26.0 Å². The monoisotopic (exact) mass is 559 g/mol. The van der Waals surface area contributed by atoms with Crippen LogP contribution in [0.3, 0.4) is 0 Å². The van der Waals surface area contributed by atoms with Crippen LogP contribution in [0.15, 0.2) is 24.3 Å². The molecule has 0 saturated carbocycles. The number of carbonyl (C=O) groups excluding carboxylic acids is 6. The van der Waals surface area contributed by atoms with Gasteiger partial charge in [0.2, 0.25) is 11.8 Å². The molecule has 212 valence electrons. The molecule has 3 rings (SSSR count). The van der Waals surface area contributed by atoms with Crippen LogP contribution in [0.1, 0.15) is 74.1 Å². The van der Waals surface area contributed by atoms with Crippen molar-refractivity contribution in [2.75, 3.05) is 32.7 Å². The maximum absolute atomic E-state index is 13.5. The van der Waals surface area contributed by atoms with Gasteiger partial charge in [-0.2, -0.15) is 0 Å². The van der Waals surface area contributed by atoms with Gasteiger partial charge in [-0.05, 0) is 49.1 Å². The minimum atomic E-state index is -1.50. The molecule has 1 saturated heterocycles. The Labute approximate surface area is 233 Å². The van der Waals surface area contributed by atoms with Gasteiger partial charge in [0, 0.05) is 53.0 Å². The van der Waals surface area contributed by atoms with E-state index in [1.54, 1.807) is 34.2 Å². The lowest BCUT2D eigenvalue weighted by Crippen LogP contribution is -2.63. The highest BCUT2D eigenvalue weighted by atomic mass is 32.2. The number of hydrogen-bond acceptors (Lipinski definition) is 8. The molecule has 1 aromatic carbocycles. The summed E-state index contributed by atoms with van der Waals surface area (Å²) in [5.41, 5.74) is 3.61. The third-order valence-corrected chi connectivity index (χ3v) is 7.71. The Hall–Kier alpha value is -3.25. The lowest BCUT2D eigenvalue weighted by molar-refractivity contribution is -0.137. The predicted molar refractivity (Wildman–Crippen MR) is 146 cm³/mol. The summed E-state index contributed by atoms with van der Waals surface area (Å²) in [4.78, 5) is 76.8. The van der Waals surface area contributed by atoms with Crippen molar-refractivity contribution in [3.63, 3.8) is 0 Å². The summed E-state index contributed by atoms with van der Waals surface area (Å²) in [5.74, 6) is -1.61. The highest BCUT2D eigenvalue weighted by molar-refractivity contribution is 8.15. The number of benzene rings is 1.